The van der Waals surface area contributed by atoms with E-state index in [1.54, 1.807) is 0 Å². The van der Waals surface area contributed by atoms with E-state index in [0.717, 1.165) is 12.5 Å². The average molecular weight is 128 g/mol. The predicted octanol–water partition coefficient (Wildman–Crippen LogP) is 2.07. The zero-order valence-corrected chi connectivity index (χ0v) is 6.55. The molecule has 1 heteroatoms. The first-order chi connectivity index (χ1) is 4.22. The van der Waals surface area contributed by atoms with Gasteiger partial charge in [-0.25, -0.2) is 0 Å². The van der Waals surface area contributed by atoms with E-state index in [1.807, 2.05) is 0 Å². The summed E-state index contributed by atoms with van der Waals surface area (Å²) in [5, 5.41) is 0. The van der Waals surface area contributed by atoms with Crippen molar-refractivity contribution in [2.45, 2.75) is 33.3 Å². The van der Waals surface area contributed by atoms with Crippen molar-refractivity contribution in [1.82, 2.24) is 0 Å². The summed E-state index contributed by atoms with van der Waals surface area (Å²) < 4.78 is 5.53. The molecule has 1 nitrogen and oxygen atoms in total. The maximum Gasteiger partial charge on any atom is 0.0624 e. The van der Waals surface area contributed by atoms with Crippen molar-refractivity contribution >= 4 is 0 Å². The van der Waals surface area contributed by atoms with Crippen molar-refractivity contribution in [3.63, 3.8) is 0 Å². The number of hydrogen-bond acceptors (Lipinski definition) is 1. The maximum absolute atomic E-state index is 5.53. The van der Waals surface area contributed by atoms with Crippen molar-refractivity contribution in [3.8, 4) is 0 Å². The predicted molar refractivity (Wildman–Crippen MR) is 38.4 cm³/mol. The molecule has 0 aliphatic carbocycles. The van der Waals surface area contributed by atoms with Gasteiger partial charge < -0.3 is 4.74 Å². The fourth-order valence-corrected chi connectivity index (χ4v) is 1.57. The van der Waals surface area contributed by atoms with Gasteiger partial charge in [-0.3, -0.25) is 0 Å². The molecule has 9 heavy (non-hydrogen) atoms. The molecule has 0 spiro atoms. The van der Waals surface area contributed by atoms with E-state index in [2.05, 4.69) is 20.8 Å². The molecular formula is C8H16O. The smallest absolute Gasteiger partial charge is 0.0624 e. The zero-order chi connectivity index (χ0) is 6.85. The van der Waals surface area contributed by atoms with Crippen LogP contribution in [0.2, 0.25) is 0 Å². The Balaban J connectivity index is 2.40. The van der Waals surface area contributed by atoms with Gasteiger partial charge in [0.25, 0.3) is 0 Å². The molecule has 0 N–H and O–H groups in total. The molecular weight excluding hydrogens is 112 g/mol. The van der Waals surface area contributed by atoms with E-state index < -0.39 is 0 Å². The first-order valence-corrected chi connectivity index (χ1v) is 3.83. The van der Waals surface area contributed by atoms with Gasteiger partial charge in [-0.15, -0.1) is 0 Å². The summed E-state index contributed by atoms with van der Waals surface area (Å²) in [5.41, 5.74) is 0. The van der Waals surface area contributed by atoms with E-state index in [0.29, 0.717) is 12.0 Å². The summed E-state index contributed by atoms with van der Waals surface area (Å²) >= 11 is 0. The molecule has 1 saturated heterocycles. The normalized spacial score (nSPS) is 36.0. The Labute approximate surface area is 57.4 Å². The van der Waals surface area contributed by atoms with Gasteiger partial charge in [0.1, 0.15) is 0 Å². The molecule has 0 radical (unpaired) electrons. The zero-order valence-electron chi connectivity index (χ0n) is 6.55. The van der Waals surface area contributed by atoms with Crippen LogP contribution in [0.5, 0.6) is 0 Å². The summed E-state index contributed by atoms with van der Waals surface area (Å²) in [6, 6.07) is 0. The van der Waals surface area contributed by atoms with Crippen molar-refractivity contribution in [2.24, 2.45) is 11.8 Å². The van der Waals surface area contributed by atoms with Crippen LogP contribution >= 0.6 is 0 Å². The second-order valence-electron chi connectivity index (χ2n) is 3.35. The monoisotopic (exact) mass is 128 g/mol. The van der Waals surface area contributed by atoms with E-state index >= 15 is 0 Å². The van der Waals surface area contributed by atoms with Crippen LogP contribution in [0.4, 0.5) is 0 Å². The van der Waals surface area contributed by atoms with Gasteiger partial charge in [0, 0.05) is 6.61 Å². The quantitative estimate of drug-likeness (QED) is 0.525. The lowest BCUT2D eigenvalue weighted by atomic mass is 9.95. The minimum atomic E-state index is 0.532. The third kappa shape index (κ3) is 1.45. The van der Waals surface area contributed by atoms with Crippen LogP contribution in [-0.2, 0) is 4.74 Å². The Kier molecular flexibility index (Phi) is 2.12. The topological polar surface area (TPSA) is 9.23 Å². The van der Waals surface area contributed by atoms with Gasteiger partial charge in [0.15, 0.2) is 0 Å². The summed E-state index contributed by atoms with van der Waals surface area (Å²) in [7, 11) is 0. The molecule has 1 aliphatic rings. The molecule has 0 aromatic carbocycles. The van der Waals surface area contributed by atoms with E-state index in [9.17, 15) is 0 Å². The van der Waals surface area contributed by atoms with Crippen molar-refractivity contribution in [1.29, 1.82) is 0 Å². The Morgan fingerprint density at radius 2 is 2.11 bits per heavy atom. The molecule has 1 aliphatic heterocycles. The molecule has 0 bridgehead atoms. The van der Waals surface area contributed by atoms with Gasteiger partial charge in [0.05, 0.1) is 6.10 Å². The molecule has 2 atom stereocenters. The van der Waals surface area contributed by atoms with Crippen LogP contribution < -0.4 is 0 Å². The number of hydrogen-bond donors (Lipinski definition) is 0. The van der Waals surface area contributed by atoms with Crippen molar-refractivity contribution in [3.05, 3.63) is 0 Å². The Hall–Kier alpha value is -0.0400. The summed E-state index contributed by atoms with van der Waals surface area (Å²) in [5.74, 6) is 1.48. The fraction of sp³-hybridized carbons (Fsp3) is 1.00. The molecule has 0 amide bonds. The third-order valence-electron chi connectivity index (χ3n) is 2.10. The standard InChI is InChI=1S/C8H16O/c1-6(2)8-7(3)4-5-9-8/h6-8H,4-5H2,1-3H3/t7-,8?/m1/s1. The van der Waals surface area contributed by atoms with Crippen LogP contribution in [0.25, 0.3) is 0 Å². The lowest BCUT2D eigenvalue weighted by molar-refractivity contribution is 0.0577. The molecule has 0 saturated carbocycles. The second-order valence-corrected chi connectivity index (χ2v) is 3.35. The first kappa shape index (κ1) is 7.07. The van der Waals surface area contributed by atoms with Crippen LogP contribution in [0.3, 0.4) is 0 Å². The first-order valence-electron chi connectivity index (χ1n) is 3.83. The number of rotatable bonds is 1. The molecule has 1 heterocycles. The summed E-state index contributed by atoms with van der Waals surface area (Å²) in [6.45, 7) is 7.71. The minimum absolute atomic E-state index is 0.532. The molecule has 1 fully saturated rings. The highest BCUT2D eigenvalue weighted by Gasteiger charge is 2.26. The SMILES string of the molecule is CC(C)C1OCC[C@H]1C. The maximum atomic E-state index is 5.53. The van der Waals surface area contributed by atoms with E-state index in [-0.39, 0.29) is 0 Å². The van der Waals surface area contributed by atoms with Gasteiger partial charge >= 0.3 is 0 Å². The second kappa shape index (κ2) is 2.70. The van der Waals surface area contributed by atoms with E-state index in [4.69, 9.17) is 4.74 Å². The van der Waals surface area contributed by atoms with Crippen LogP contribution in [0.1, 0.15) is 27.2 Å². The highest BCUT2D eigenvalue weighted by Crippen LogP contribution is 2.25. The van der Waals surface area contributed by atoms with Crippen LogP contribution in [0.15, 0.2) is 0 Å². The molecule has 0 aromatic heterocycles. The highest BCUT2D eigenvalue weighted by molar-refractivity contribution is 4.74. The lowest BCUT2D eigenvalue weighted by Crippen LogP contribution is -2.19. The average Bonchev–Trinajstić information content (AvgIpc) is 2.13. The van der Waals surface area contributed by atoms with Crippen molar-refractivity contribution in [2.75, 3.05) is 6.61 Å². The largest absolute Gasteiger partial charge is 0.378 e. The van der Waals surface area contributed by atoms with Crippen molar-refractivity contribution < 1.29 is 4.74 Å². The Bertz CT molecular complexity index is 88.6. The Morgan fingerprint density at radius 1 is 1.44 bits per heavy atom. The van der Waals surface area contributed by atoms with Gasteiger partial charge in [-0.05, 0) is 18.3 Å². The van der Waals surface area contributed by atoms with Gasteiger partial charge in [-0.2, -0.15) is 0 Å². The third-order valence-corrected chi connectivity index (χ3v) is 2.10. The fourth-order valence-electron chi connectivity index (χ4n) is 1.57. The molecule has 1 rings (SSSR count). The Morgan fingerprint density at radius 3 is 2.33 bits per heavy atom. The lowest BCUT2D eigenvalue weighted by Gasteiger charge is -2.17. The summed E-state index contributed by atoms with van der Waals surface area (Å²) in [6.07, 6.45) is 1.79. The van der Waals surface area contributed by atoms with Gasteiger partial charge in [0.2, 0.25) is 0 Å². The molecule has 1 unspecified atom stereocenters. The minimum Gasteiger partial charge on any atom is -0.378 e. The van der Waals surface area contributed by atoms with Crippen LogP contribution in [0, 0.1) is 11.8 Å². The summed E-state index contributed by atoms with van der Waals surface area (Å²) in [4.78, 5) is 0. The highest BCUT2D eigenvalue weighted by atomic mass is 16.5. The van der Waals surface area contributed by atoms with Crippen LogP contribution in [-0.4, -0.2) is 12.7 Å². The van der Waals surface area contributed by atoms with E-state index in [1.165, 1.54) is 6.42 Å². The van der Waals surface area contributed by atoms with Gasteiger partial charge in [-0.1, -0.05) is 20.8 Å². The number of ether oxygens (including phenoxy) is 1. The molecule has 0 aromatic rings. The molecule has 54 valence electrons.